The van der Waals surface area contributed by atoms with E-state index in [0.29, 0.717) is 25.9 Å². The van der Waals surface area contributed by atoms with Gasteiger partial charge in [0.05, 0.1) is 11.6 Å². The maximum atomic E-state index is 12.7. The Hall–Kier alpha value is -3.48. The third-order valence-electron chi connectivity index (χ3n) is 5.92. The average Bonchev–Trinajstić information content (AvgIpc) is 3.13. The summed E-state index contributed by atoms with van der Waals surface area (Å²) in [5.41, 5.74) is 4.10. The van der Waals surface area contributed by atoms with Crippen molar-refractivity contribution in [3.63, 3.8) is 0 Å². The number of alkyl carbamates (subject to hydrolysis) is 1. The molecule has 35 heavy (non-hydrogen) atoms. The summed E-state index contributed by atoms with van der Waals surface area (Å²) in [6, 6.07) is 13.6. The summed E-state index contributed by atoms with van der Waals surface area (Å²) in [5.74, 6) is -1.44. The number of aliphatic carboxylic acids is 1. The number of carbonyl (C=O) groups is 2. The normalized spacial score (nSPS) is 14.3. The molecule has 1 amide bonds. The number of hydrogen-bond donors (Lipinski definition) is 2. The summed E-state index contributed by atoms with van der Waals surface area (Å²) in [6.45, 7) is 6.45. The highest BCUT2D eigenvalue weighted by molar-refractivity contribution is 5.79. The van der Waals surface area contributed by atoms with E-state index < -0.39 is 24.1 Å². The number of unbranched alkanes of at least 4 members (excludes halogenated alkanes) is 1. The van der Waals surface area contributed by atoms with Gasteiger partial charge < -0.3 is 19.9 Å². The lowest BCUT2D eigenvalue weighted by Gasteiger charge is -2.23. The minimum Gasteiger partial charge on any atom is -0.480 e. The molecule has 2 aromatic rings. The largest absolute Gasteiger partial charge is 0.480 e. The number of ether oxygens (including phenoxy) is 2. The van der Waals surface area contributed by atoms with E-state index in [1.165, 1.54) is 6.08 Å². The third-order valence-corrected chi connectivity index (χ3v) is 5.92. The lowest BCUT2D eigenvalue weighted by Crippen LogP contribution is -2.46. The zero-order chi connectivity index (χ0) is 25.4. The van der Waals surface area contributed by atoms with Crippen LogP contribution >= 0.6 is 0 Å². The molecule has 0 saturated carbocycles. The molecule has 0 heterocycles. The molecule has 8 heteroatoms. The predicted molar refractivity (Wildman–Crippen MR) is 131 cm³/mol. The number of nitrogens with one attached hydrogen (secondary N) is 1. The number of hydrogen-bond acceptors (Lipinski definition) is 6. The van der Waals surface area contributed by atoms with E-state index in [9.17, 15) is 19.5 Å². The van der Waals surface area contributed by atoms with E-state index in [-0.39, 0.29) is 18.1 Å². The van der Waals surface area contributed by atoms with Gasteiger partial charge in [0.2, 0.25) is 6.08 Å². The molecular formula is C27H32N2O6. The molecular weight excluding hydrogens is 448 g/mol. The molecule has 1 unspecified atom stereocenters. The maximum Gasteiger partial charge on any atom is 0.407 e. The Morgan fingerprint density at radius 3 is 2.20 bits per heavy atom. The number of carboxylic acids is 1. The molecule has 2 aromatic carbocycles. The van der Waals surface area contributed by atoms with Crippen LogP contribution in [0, 0.1) is 0 Å². The lowest BCUT2D eigenvalue weighted by molar-refractivity contribution is -0.139. The Labute approximate surface area is 205 Å². The van der Waals surface area contributed by atoms with Crippen LogP contribution in [0.4, 0.5) is 4.79 Å². The van der Waals surface area contributed by atoms with Gasteiger partial charge >= 0.3 is 12.1 Å². The van der Waals surface area contributed by atoms with Gasteiger partial charge in [-0.3, -0.25) is 0 Å². The zero-order valence-corrected chi connectivity index (χ0v) is 20.3. The zero-order valence-electron chi connectivity index (χ0n) is 20.3. The number of benzene rings is 2. The van der Waals surface area contributed by atoms with Crippen LogP contribution in [-0.2, 0) is 19.1 Å². The van der Waals surface area contributed by atoms with Gasteiger partial charge in [-0.1, -0.05) is 48.5 Å². The molecule has 0 aliphatic heterocycles. The van der Waals surface area contributed by atoms with Crippen molar-refractivity contribution in [2.24, 2.45) is 4.99 Å². The van der Waals surface area contributed by atoms with Crippen LogP contribution in [0.25, 0.3) is 11.1 Å². The van der Waals surface area contributed by atoms with Crippen molar-refractivity contribution >= 4 is 18.1 Å². The molecule has 2 N–H and O–H groups in total. The minimum absolute atomic E-state index is 0.0979. The molecule has 186 valence electrons. The Morgan fingerprint density at radius 2 is 1.66 bits per heavy atom. The molecule has 1 aliphatic carbocycles. The summed E-state index contributed by atoms with van der Waals surface area (Å²) in [7, 11) is 0. The molecule has 2 atom stereocenters. The monoisotopic (exact) mass is 480 g/mol. The molecule has 0 spiro atoms. The summed E-state index contributed by atoms with van der Waals surface area (Å²) in [5, 5.41) is 12.1. The van der Waals surface area contributed by atoms with E-state index in [2.05, 4.69) is 10.3 Å². The Kier molecular flexibility index (Phi) is 8.79. The van der Waals surface area contributed by atoms with E-state index in [1.54, 1.807) is 0 Å². The number of aliphatic imine (C=N–C) groups is 1. The standard InChI is InChI=1S/C27H32N2O6/c1-27(2,3)35-15-9-8-14-23(24(25(31)32)28-17-30)29-26(33)34-16-22-20-12-6-4-10-18(20)19-11-5-7-13-21(19)22/h4-7,10-13,22-24H,8-9,14-16H2,1-3H3,(H,29,33)(H,31,32)/t23?,24-/m0/s1. The fourth-order valence-corrected chi connectivity index (χ4v) is 4.32. The smallest absolute Gasteiger partial charge is 0.407 e. The van der Waals surface area contributed by atoms with Crippen molar-refractivity contribution in [3.05, 3.63) is 59.7 Å². The summed E-state index contributed by atoms with van der Waals surface area (Å²) in [6.07, 6.45) is 2.07. The van der Waals surface area contributed by atoms with E-state index in [1.807, 2.05) is 69.3 Å². The minimum atomic E-state index is -1.45. The number of nitrogens with zero attached hydrogens (tertiary/aromatic N) is 1. The molecule has 1 aliphatic rings. The van der Waals surface area contributed by atoms with Crippen molar-refractivity contribution in [3.8, 4) is 11.1 Å². The molecule has 0 fully saturated rings. The van der Waals surface area contributed by atoms with Crippen LogP contribution in [0.1, 0.15) is 57.1 Å². The first-order valence-corrected chi connectivity index (χ1v) is 11.8. The van der Waals surface area contributed by atoms with Gasteiger partial charge in [-0.25, -0.2) is 14.4 Å². The third kappa shape index (κ3) is 7.01. The predicted octanol–water partition coefficient (Wildman–Crippen LogP) is 4.67. The van der Waals surface area contributed by atoms with Crippen LogP contribution in [0.5, 0.6) is 0 Å². The van der Waals surface area contributed by atoms with Gasteiger partial charge in [0, 0.05) is 12.5 Å². The van der Waals surface area contributed by atoms with E-state index >= 15 is 0 Å². The highest BCUT2D eigenvalue weighted by atomic mass is 16.5. The van der Waals surface area contributed by atoms with Gasteiger partial charge in [0.15, 0.2) is 6.04 Å². The van der Waals surface area contributed by atoms with Crippen molar-refractivity contribution < 1.29 is 29.0 Å². The topological polar surface area (TPSA) is 114 Å². The van der Waals surface area contributed by atoms with Gasteiger partial charge in [-0.15, -0.1) is 0 Å². The van der Waals surface area contributed by atoms with Crippen molar-refractivity contribution in [1.82, 2.24) is 5.32 Å². The second kappa shape index (κ2) is 11.8. The first kappa shape index (κ1) is 26.1. The molecule has 8 nitrogen and oxygen atoms in total. The van der Waals surface area contributed by atoms with Crippen LogP contribution < -0.4 is 5.32 Å². The van der Waals surface area contributed by atoms with Gasteiger partial charge in [-0.05, 0) is 62.3 Å². The van der Waals surface area contributed by atoms with E-state index in [4.69, 9.17) is 9.47 Å². The fourth-order valence-electron chi connectivity index (χ4n) is 4.32. The average molecular weight is 481 g/mol. The first-order valence-electron chi connectivity index (χ1n) is 11.8. The van der Waals surface area contributed by atoms with Crippen LogP contribution in [0.3, 0.4) is 0 Å². The summed E-state index contributed by atoms with van der Waals surface area (Å²) >= 11 is 0. The molecule has 3 rings (SSSR count). The maximum absolute atomic E-state index is 12.7. The fraction of sp³-hybridized carbons (Fsp3) is 0.444. The second-order valence-corrected chi connectivity index (χ2v) is 9.54. The van der Waals surface area contributed by atoms with Crippen LogP contribution in [0.15, 0.2) is 53.5 Å². The Morgan fingerprint density at radius 1 is 1.06 bits per heavy atom. The number of fused-ring (bicyclic) bond motifs is 3. The quantitative estimate of drug-likeness (QED) is 0.274. The Bertz CT molecular complexity index is 1040. The van der Waals surface area contributed by atoms with Crippen LogP contribution in [0.2, 0.25) is 0 Å². The van der Waals surface area contributed by atoms with Gasteiger partial charge in [0.25, 0.3) is 0 Å². The Balaban J connectivity index is 1.64. The lowest BCUT2D eigenvalue weighted by atomic mass is 9.98. The molecule has 0 bridgehead atoms. The number of carboxylic acid groups (broad SMARTS) is 1. The highest BCUT2D eigenvalue weighted by Gasteiger charge is 2.32. The summed E-state index contributed by atoms with van der Waals surface area (Å²) < 4.78 is 11.2. The molecule has 0 aromatic heterocycles. The summed E-state index contributed by atoms with van der Waals surface area (Å²) in [4.78, 5) is 38.6. The number of carbonyl (C=O) groups excluding carboxylic acids is 2. The van der Waals surface area contributed by atoms with E-state index in [0.717, 1.165) is 22.3 Å². The number of amides is 1. The number of rotatable bonds is 11. The first-order chi connectivity index (χ1) is 16.7. The SMILES string of the molecule is CC(C)(C)OCCCCC(NC(=O)OCC1c2ccccc2-c2ccccc21)[C@H](N=C=O)C(=O)O. The molecule has 0 saturated heterocycles. The second-order valence-electron chi connectivity index (χ2n) is 9.54. The van der Waals surface area contributed by atoms with Crippen molar-refractivity contribution in [2.75, 3.05) is 13.2 Å². The van der Waals surface area contributed by atoms with Gasteiger partial charge in [0.1, 0.15) is 6.61 Å². The van der Waals surface area contributed by atoms with Crippen molar-refractivity contribution in [2.45, 2.75) is 63.6 Å². The number of isocyanates is 1. The molecule has 0 radical (unpaired) electrons. The highest BCUT2D eigenvalue weighted by Crippen LogP contribution is 2.44. The van der Waals surface area contributed by atoms with Gasteiger partial charge in [-0.2, -0.15) is 4.99 Å². The van der Waals surface area contributed by atoms with Crippen LogP contribution in [-0.4, -0.2) is 54.1 Å². The van der Waals surface area contributed by atoms with Crippen molar-refractivity contribution in [1.29, 1.82) is 0 Å².